The number of nitriles is 1. The van der Waals surface area contributed by atoms with E-state index >= 15 is 0 Å². The zero-order valence-corrected chi connectivity index (χ0v) is 20.9. The van der Waals surface area contributed by atoms with Gasteiger partial charge in [-0.15, -0.1) is 0 Å². The Bertz CT molecular complexity index is 1330. The van der Waals surface area contributed by atoms with E-state index in [0.717, 1.165) is 43.5 Å². The summed E-state index contributed by atoms with van der Waals surface area (Å²) < 4.78 is 14.7. The normalized spacial score (nSPS) is 23.6. The molecule has 8 heteroatoms. The van der Waals surface area contributed by atoms with E-state index in [-0.39, 0.29) is 5.91 Å². The molecule has 1 aliphatic heterocycles. The summed E-state index contributed by atoms with van der Waals surface area (Å²) >= 11 is 0. The van der Waals surface area contributed by atoms with Gasteiger partial charge in [0.1, 0.15) is 11.9 Å². The van der Waals surface area contributed by atoms with Crippen molar-refractivity contribution < 1.29 is 14.0 Å². The summed E-state index contributed by atoms with van der Waals surface area (Å²) in [7, 11) is 1.83. The Balaban J connectivity index is 0.000000237. The van der Waals surface area contributed by atoms with Gasteiger partial charge in [-0.1, -0.05) is 18.2 Å². The largest absolute Gasteiger partial charge is 0.388 e. The Kier molecular flexibility index (Phi) is 6.79. The van der Waals surface area contributed by atoms with Gasteiger partial charge in [0.25, 0.3) is 5.91 Å². The number of nitrogens with one attached hydrogen (secondary N) is 1. The molecule has 7 nitrogen and oxygen atoms in total. The van der Waals surface area contributed by atoms with Crippen LogP contribution in [0, 0.1) is 22.7 Å². The minimum absolute atomic E-state index is 0.180. The summed E-state index contributed by atoms with van der Waals surface area (Å²) in [5.41, 5.74) is 4.79. The van der Waals surface area contributed by atoms with Crippen LogP contribution >= 0.6 is 0 Å². The van der Waals surface area contributed by atoms with Gasteiger partial charge in [-0.25, -0.2) is 4.39 Å². The maximum Gasteiger partial charge on any atom is 0.277 e. The predicted molar refractivity (Wildman–Crippen MR) is 139 cm³/mol. The number of carbonyl (C=O) groups is 2. The average molecular weight is 500 g/mol. The number of alkyl halides is 1. The van der Waals surface area contributed by atoms with Gasteiger partial charge >= 0.3 is 0 Å². The smallest absolute Gasteiger partial charge is 0.277 e. The summed E-state index contributed by atoms with van der Waals surface area (Å²) in [5.74, 6) is 0.477. The lowest BCUT2D eigenvalue weighted by Crippen LogP contribution is -2.49. The van der Waals surface area contributed by atoms with Crippen LogP contribution in [0.4, 0.5) is 15.8 Å². The Morgan fingerprint density at radius 1 is 1.16 bits per heavy atom. The third-order valence-corrected chi connectivity index (χ3v) is 7.78. The fraction of sp³-hybridized carbons (Fsp3) is 0.379. The number of amides is 1. The number of aromatic nitrogens is 2. The second kappa shape index (κ2) is 10.2. The molecule has 1 amide bonds. The SMILES string of the molecule is CNc1cccc(C#N)c1.O=Cc1cnn2c1C(=O)N(c1ccc(CC3CC4(CC(F)C4)C3)cc1)CC2. The van der Waals surface area contributed by atoms with Crippen LogP contribution in [0.1, 0.15) is 57.7 Å². The van der Waals surface area contributed by atoms with Crippen LogP contribution in [0.2, 0.25) is 0 Å². The zero-order chi connectivity index (χ0) is 26.0. The van der Waals surface area contributed by atoms with E-state index < -0.39 is 6.17 Å². The number of rotatable bonds is 5. The first-order valence-electron chi connectivity index (χ1n) is 12.7. The first kappa shape index (κ1) is 24.7. The number of benzene rings is 2. The van der Waals surface area contributed by atoms with E-state index in [4.69, 9.17) is 5.26 Å². The van der Waals surface area contributed by atoms with Gasteiger partial charge in [-0.2, -0.15) is 10.4 Å². The molecule has 2 aliphatic carbocycles. The molecule has 2 aromatic carbocycles. The number of anilines is 2. The molecule has 3 aromatic rings. The van der Waals surface area contributed by atoms with Crippen molar-refractivity contribution in [1.82, 2.24) is 9.78 Å². The van der Waals surface area contributed by atoms with Crippen LogP contribution in [-0.4, -0.2) is 41.7 Å². The Morgan fingerprint density at radius 3 is 2.57 bits per heavy atom. The number of hydrogen-bond acceptors (Lipinski definition) is 5. The third kappa shape index (κ3) is 4.99. The second-order valence-electron chi connectivity index (χ2n) is 10.3. The Labute approximate surface area is 215 Å². The quantitative estimate of drug-likeness (QED) is 0.498. The van der Waals surface area contributed by atoms with E-state index in [2.05, 4.69) is 28.6 Å². The van der Waals surface area contributed by atoms with Crippen LogP contribution in [0.5, 0.6) is 0 Å². The maximum absolute atomic E-state index is 13.1. The van der Waals surface area contributed by atoms with Crippen molar-refractivity contribution in [2.75, 3.05) is 23.8 Å². The van der Waals surface area contributed by atoms with Crippen molar-refractivity contribution >= 4 is 23.6 Å². The topological polar surface area (TPSA) is 91.0 Å². The molecule has 2 saturated carbocycles. The lowest BCUT2D eigenvalue weighted by atomic mass is 9.50. The van der Waals surface area contributed by atoms with E-state index in [1.807, 2.05) is 31.3 Å². The van der Waals surface area contributed by atoms with Gasteiger partial charge < -0.3 is 10.2 Å². The Morgan fingerprint density at radius 2 is 1.92 bits per heavy atom. The fourth-order valence-electron chi connectivity index (χ4n) is 5.97. The predicted octanol–water partition coefficient (Wildman–Crippen LogP) is 5.03. The van der Waals surface area contributed by atoms with Crippen LogP contribution in [0.25, 0.3) is 0 Å². The van der Waals surface area contributed by atoms with Crippen LogP contribution in [0.3, 0.4) is 0 Å². The van der Waals surface area contributed by atoms with Crippen LogP contribution in [0.15, 0.2) is 54.7 Å². The summed E-state index contributed by atoms with van der Waals surface area (Å²) in [6.07, 6.45) is 6.42. The summed E-state index contributed by atoms with van der Waals surface area (Å²) in [5, 5.41) is 15.5. The summed E-state index contributed by atoms with van der Waals surface area (Å²) in [6.45, 7) is 1.12. The zero-order valence-electron chi connectivity index (χ0n) is 20.9. The second-order valence-corrected chi connectivity index (χ2v) is 10.3. The first-order chi connectivity index (χ1) is 17.9. The minimum atomic E-state index is -0.566. The van der Waals surface area contributed by atoms with Crippen LogP contribution < -0.4 is 10.2 Å². The number of aldehydes is 1. The van der Waals surface area contributed by atoms with Gasteiger partial charge in [0.2, 0.25) is 0 Å². The molecule has 2 fully saturated rings. The van der Waals surface area contributed by atoms with Crippen molar-refractivity contribution in [1.29, 1.82) is 5.26 Å². The molecule has 0 saturated heterocycles. The van der Waals surface area contributed by atoms with E-state index in [0.29, 0.717) is 47.5 Å². The molecule has 0 atom stereocenters. The van der Waals surface area contributed by atoms with Crippen molar-refractivity contribution in [2.45, 2.75) is 44.8 Å². The fourth-order valence-corrected chi connectivity index (χ4v) is 5.97. The highest BCUT2D eigenvalue weighted by molar-refractivity contribution is 6.09. The van der Waals surface area contributed by atoms with Gasteiger partial charge in [-0.05, 0) is 79.3 Å². The molecule has 0 radical (unpaired) electrons. The number of nitrogens with zero attached hydrogens (tertiary/aromatic N) is 4. The van der Waals surface area contributed by atoms with E-state index in [9.17, 15) is 14.0 Å². The molecule has 6 rings (SSSR count). The number of carbonyl (C=O) groups excluding carboxylic acids is 2. The summed E-state index contributed by atoms with van der Waals surface area (Å²) in [4.78, 5) is 25.7. The average Bonchev–Trinajstić information content (AvgIpc) is 3.32. The Hall–Kier alpha value is -3.99. The van der Waals surface area contributed by atoms with Gasteiger partial charge in [-0.3, -0.25) is 14.3 Å². The molecule has 1 N–H and O–H groups in total. The highest BCUT2D eigenvalue weighted by Gasteiger charge is 2.52. The van der Waals surface area contributed by atoms with Gasteiger partial charge in [0, 0.05) is 25.0 Å². The molecule has 1 aromatic heterocycles. The van der Waals surface area contributed by atoms with E-state index in [1.165, 1.54) is 11.8 Å². The van der Waals surface area contributed by atoms with Crippen molar-refractivity contribution in [2.24, 2.45) is 11.3 Å². The molecule has 3 aliphatic rings. The minimum Gasteiger partial charge on any atom is -0.388 e. The number of fused-ring (bicyclic) bond motifs is 1. The molecule has 1 spiro atoms. The molecule has 2 heterocycles. The highest BCUT2D eigenvalue weighted by Crippen LogP contribution is 2.60. The van der Waals surface area contributed by atoms with Gasteiger partial charge in [0.05, 0.1) is 29.9 Å². The maximum atomic E-state index is 13.1. The van der Waals surface area contributed by atoms with Crippen LogP contribution in [-0.2, 0) is 13.0 Å². The molecular weight excluding hydrogens is 469 g/mol. The van der Waals surface area contributed by atoms with Crippen molar-refractivity contribution in [3.63, 3.8) is 0 Å². The standard InChI is InChI=1S/C21H22FN3O2.C8H8N2/c22-17-10-21(11-17)8-15(9-21)7-14-1-3-18(4-2-14)24-5-6-25-19(20(24)27)16(13-26)12-23-25;1-10-8-4-2-3-7(5-8)6-9/h1-4,12-13,15,17H,5-11H2;2-5,10H,1H3. The molecule has 0 bridgehead atoms. The molecule has 0 unspecified atom stereocenters. The first-order valence-corrected chi connectivity index (χ1v) is 12.7. The molecular formula is C29H30FN5O2. The van der Waals surface area contributed by atoms with Crippen molar-refractivity contribution in [3.8, 4) is 6.07 Å². The molecule has 37 heavy (non-hydrogen) atoms. The number of halogens is 1. The number of hydrogen-bond donors (Lipinski definition) is 1. The van der Waals surface area contributed by atoms with Crippen molar-refractivity contribution in [3.05, 3.63) is 77.1 Å². The summed E-state index contributed by atoms with van der Waals surface area (Å²) in [6, 6.07) is 17.5. The highest BCUT2D eigenvalue weighted by atomic mass is 19.1. The van der Waals surface area contributed by atoms with Gasteiger partial charge in [0.15, 0.2) is 6.29 Å². The monoisotopic (exact) mass is 499 g/mol. The third-order valence-electron chi connectivity index (χ3n) is 7.78. The lowest BCUT2D eigenvalue weighted by molar-refractivity contribution is -0.0783. The van der Waals surface area contributed by atoms with E-state index in [1.54, 1.807) is 21.7 Å². The molecule has 190 valence electrons. The lowest BCUT2D eigenvalue weighted by Gasteiger charge is -2.55.